The van der Waals surface area contributed by atoms with E-state index in [2.05, 4.69) is 31.3 Å². The second-order valence-corrected chi connectivity index (χ2v) is 17.8. The highest BCUT2D eigenvalue weighted by Crippen LogP contribution is 2.47. The highest BCUT2D eigenvalue weighted by Gasteiger charge is 2.51. The molecular formula is C44H84NO12P. The molecular weight excluding hydrogens is 765 g/mol. The van der Waals surface area contributed by atoms with Gasteiger partial charge in [-0.15, -0.1) is 0 Å². The van der Waals surface area contributed by atoms with Crippen LogP contribution in [0.5, 0.6) is 0 Å². The Morgan fingerprint density at radius 2 is 1.00 bits per heavy atom. The van der Waals surface area contributed by atoms with Crippen LogP contribution in [0.4, 0.5) is 0 Å². The van der Waals surface area contributed by atoms with Gasteiger partial charge in [-0.25, -0.2) is 4.57 Å². The molecule has 1 saturated carbocycles. The number of hydrogen-bond acceptors (Lipinski definition) is 11. The van der Waals surface area contributed by atoms with Gasteiger partial charge in [-0.1, -0.05) is 160 Å². The lowest BCUT2D eigenvalue weighted by atomic mass is 9.85. The van der Waals surface area contributed by atoms with E-state index in [-0.39, 0.29) is 6.42 Å². The SMILES string of the molecule is CCCCCCC/C=C/C(O)C(COP(=O)(O)OC1C(O)C(O)C(O)C(O)C1O)NC(=O)CC(O)CCCCCCC/C=C\CCCCCCCCCCCCCC. The van der Waals surface area contributed by atoms with Crippen molar-refractivity contribution < 1.29 is 59.0 Å². The molecule has 14 heteroatoms. The van der Waals surface area contributed by atoms with E-state index in [9.17, 15) is 50.0 Å². The zero-order chi connectivity index (χ0) is 43.0. The summed E-state index contributed by atoms with van der Waals surface area (Å²) in [5, 5.41) is 74.1. The minimum absolute atomic E-state index is 0.250. The first-order valence-corrected chi connectivity index (χ1v) is 24.4. The van der Waals surface area contributed by atoms with Crippen molar-refractivity contribution in [2.45, 2.75) is 242 Å². The Labute approximate surface area is 350 Å². The second kappa shape index (κ2) is 34.4. The van der Waals surface area contributed by atoms with E-state index in [1.807, 2.05) is 0 Å². The van der Waals surface area contributed by atoms with Gasteiger partial charge >= 0.3 is 7.82 Å². The summed E-state index contributed by atoms with van der Waals surface area (Å²) in [5.41, 5.74) is 0. The molecule has 0 aromatic rings. The van der Waals surface area contributed by atoms with E-state index in [0.717, 1.165) is 77.0 Å². The Hall–Kier alpha value is -1.22. The molecule has 8 atom stereocenters. The molecule has 0 saturated heterocycles. The molecule has 0 heterocycles. The zero-order valence-electron chi connectivity index (χ0n) is 36.0. The summed E-state index contributed by atoms with van der Waals surface area (Å²) in [6, 6.07) is -1.24. The number of allylic oxidation sites excluding steroid dienone is 3. The molecule has 1 rings (SSSR count). The van der Waals surface area contributed by atoms with Crippen molar-refractivity contribution in [2.24, 2.45) is 0 Å². The van der Waals surface area contributed by atoms with Crippen molar-refractivity contribution in [3.8, 4) is 0 Å². The lowest BCUT2D eigenvalue weighted by molar-refractivity contribution is -0.220. The van der Waals surface area contributed by atoms with Crippen molar-refractivity contribution in [3.05, 3.63) is 24.3 Å². The molecule has 342 valence electrons. The number of unbranched alkanes of at least 4 members (excludes halogenated alkanes) is 22. The fourth-order valence-electron chi connectivity index (χ4n) is 7.23. The number of carbonyl (C=O) groups is 1. The summed E-state index contributed by atoms with van der Waals surface area (Å²) in [6.45, 7) is 3.65. The summed E-state index contributed by atoms with van der Waals surface area (Å²) >= 11 is 0. The molecule has 0 radical (unpaired) electrons. The standard InChI is InChI=1S/C44H84NO12P/c1-3-5-7-9-11-12-13-14-15-16-17-18-19-20-21-22-23-24-26-27-29-31-35(46)33-38(48)45-36(37(47)32-30-28-25-10-8-6-4-2)34-56-58(54,55)57-44-42(52)40(50)39(49)41(51)43(44)53/h20-21,30,32,35-37,39-44,46-47,49-53H,3-19,22-29,31,33-34H2,1-2H3,(H,45,48)(H,54,55)/b21-20-,32-30+. The van der Waals surface area contributed by atoms with E-state index in [1.165, 1.54) is 83.1 Å². The Balaban J connectivity index is 2.40. The summed E-state index contributed by atoms with van der Waals surface area (Å²) in [7, 11) is -5.13. The normalized spacial score (nSPS) is 24.0. The zero-order valence-corrected chi connectivity index (χ0v) is 36.9. The summed E-state index contributed by atoms with van der Waals surface area (Å²) < 4.78 is 22.7. The van der Waals surface area contributed by atoms with Crippen LogP contribution < -0.4 is 5.32 Å². The van der Waals surface area contributed by atoms with Gasteiger partial charge in [-0.2, -0.15) is 0 Å². The first-order chi connectivity index (χ1) is 27.8. The van der Waals surface area contributed by atoms with Crippen LogP contribution in [0, 0.1) is 0 Å². The smallest absolute Gasteiger partial charge is 0.393 e. The Morgan fingerprint density at radius 3 is 1.47 bits per heavy atom. The molecule has 1 amide bonds. The number of aliphatic hydroxyl groups excluding tert-OH is 7. The van der Waals surface area contributed by atoms with Gasteiger partial charge in [0.1, 0.15) is 36.6 Å². The molecule has 0 bridgehead atoms. The molecule has 8 unspecified atom stereocenters. The minimum Gasteiger partial charge on any atom is -0.393 e. The largest absolute Gasteiger partial charge is 0.472 e. The van der Waals surface area contributed by atoms with Crippen molar-refractivity contribution in [1.29, 1.82) is 0 Å². The van der Waals surface area contributed by atoms with Gasteiger partial charge < -0.3 is 46.0 Å². The molecule has 1 aliphatic carbocycles. The van der Waals surface area contributed by atoms with E-state index in [1.54, 1.807) is 6.08 Å². The maximum Gasteiger partial charge on any atom is 0.472 e. The number of phosphoric acid groups is 1. The summed E-state index contributed by atoms with van der Waals surface area (Å²) in [4.78, 5) is 23.3. The highest BCUT2D eigenvalue weighted by molar-refractivity contribution is 7.47. The minimum atomic E-state index is -5.13. The first kappa shape index (κ1) is 54.8. The number of carbonyl (C=O) groups excluding carboxylic acids is 1. The van der Waals surface area contributed by atoms with E-state index in [0.29, 0.717) is 12.8 Å². The topological polar surface area (TPSA) is 226 Å². The lowest BCUT2D eigenvalue weighted by Crippen LogP contribution is -2.64. The van der Waals surface area contributed by atoms with E-state index >= 15 is 0 Å². The van der Waals surface area contributed by atoms with Gasteiger partial charge in [-0.3, -0.25) is 13.8 Å². The van der Waals surface area contributed by atoms with Crippen LogP contribution in [0.2, 0.25) is 0 Å². The van der Waals surface area contributed by atoms with Crippen molar-refractivity contribution in [1.82, 2.24) is 5.32 Å². The fraction of sp³-hybridized carbons (Fsp3) is 0.886. The molecule has 0 aromatic carbocycles. The summed E-state index contributed by atoms with van der Waals surface area (Å²) in [5.74, 6) is -0.601. The predicted molar refractivity (Wildman–Crippen MR) is 229 cm³/mol. The van der Waals surface area contributed by atoms with Gasteiger partial charge in [0.15, 0.2) is 0 Å². The third-order valence-electron chi connectivity index (χ3n) is 11.0. The molecule has 13 nitrogen and oxygen atoms in total. The van der Waals surface area contributed by atoms with Crippen LogP contribution in [0.1, 0.15) is 187 Å². The molecule has 0 aliphatic heterocycles. The van der Waals surface area contributed by atoms with Gasteiger partial charge in [-0.05, 0) is 44.9 Å². The Morgan fingerprint density at radius 1 is 0.603 bits per heavy atom. The van der Waals surface area contributed by atoms with Crippen LogP contribution in [0.25, 0.3) is 0 Å². The second-order valence-electron chi connectivity index (χ2n) is 16.4. The number of phosphoric ester groups is 1. The number of amides is 1. The molecule has 1 fully saturated rings. The monoisotopic (exact) mass is 850 g/mol. The maximum absolute atomic E-state index is 12.9. The van der Waals surface area contributed by atoms with E-state index < -0.39 is 75.2 Å². The summed E-state index contributed by atoms with van der Waals surface area (Å²) in [6.07, 6.45) is 23.2. The van der Waals surface area contributed by atoms with Gasteiger partial charge in [0, 0.05) is 0 Å². The number of rotatable bonds is 37. The lowest BCUT2D eigenvalue weighted by Gasteiger charge is -2.41. The molecule has 1 aliphatic rings. The fourth-order valence-corrected chi connectivity index (χ4v) is 8.20. The number of hydrogen-bond donors (Lipinski definition) is 9. The average Bonchev–Trinajstić information content (AvgIpc) is 3.19. The average molecular weight is 850 g/mol. The van der Waals surface area contributed by atoms with Crippen molar-refractivity contribution in [2.75, 3.05) is 6.61 Å². The third-order valence-corrected chi connectivity index (χ3v) is 12.0. The Kier molecular flexibility index (Phi) is 32.5. The van der Waals surface area contributed by atoms with Gasteiger partial charge in [0.2, 0.25) is 5.91 Å². The van der Waals surface area contributed by atoms with Crippen LogP contribution in [-0.2, 0) is 18.4 Å². The quantitative estimate of drug-likeness (QED) is 0.0172. The van der Waals surface area contributed by atoms with Crippen LogP contribution >= 0.6 is 7.82 Å². The third kappa shape index (κ3) is 26.2. The van der Waals surface area contributed by atoms with E-state index in [4.69, 9.17) is 9.05 Å². The van der Waals surface area contributed by atoms with Crippen LogP contribution in [-0.4, -0.2) is 108 Å². The molecule has 58 heavy (non-hydrogen) atoms. The molecule has 0 aromatic heterocycles. The van der Waals surface area contributed by atoms with Crippen LogP contribution in [0.15, 0.2) is 24.3 Å². The van der Waals surface area contributed by atoms with Crippen molar-refractivity contribution >= 4 is 13.7 Å². The number of aliphatic hydroxyl groups is 7. The number of nitrogens with one attached hydrogen (secondary N) is 1. The van der Waals surface area contributed by atoms with Crippen molar-refractivity contribution in [3.63, 3.8) is 0 Å². The van der Waals surface area contributed by atoms with Gasteiger partial charge in [0.05, 0.1) is 31.3 Å². The maximum atomic E-state index is 12.9. The Bertz CT molecular complexity index is 1100. The molecule has 0 spiro atoms. The first-order valence-electron chi connectivity index (χ1n) is 22.9. The molecule has 9 N–H and O–H groups in total. The van der Waals surface area contributed by atoms with Crippen LogP contribution in [0.3, 0.4) is 0 Å². The predicted octanol–water partition coefficient (Wildman–Crippen LogP) is 7.20. The highest BCUT2D eigenvalue weighted by atomic mass is 31.2. The van der Waals surface area contributed by atoms with Gasteiger partial charge in [0.25, 0.3) is 0 Å².